The van der Waals surface area contributed by atoms with Gasteiger partial charge in [0.25, 0.3) is 17.5 Å². The predicted octanol–water partition coefficient (Wildman–Crippen LogP) is 3.67. The summed E-state index contributed by atoms with van der Waals surface area (Å²) >= 11 is 0. The number of nitro groups is 1. The van der Waals surface area contributed by atoms with Gasteiger partial charge in [-0.2, -0.15) is 0 Å². The lowest BCUT2D eigenvalue weighted by Crippen LogP contribution is -2.48. The Morgan fingerprint density at radius 3 is 2.38 bits per heavy atom. The number of benzene rings is 2. The van der Waals surface area contributed by atoms with Crippen molar-refractivity contribution >= 4 is 29.1 Å². The fourth-order valence-corrected chi connectivity index (χ4v) is 4.39. The van der Waals surface area contributed by atoms with Gasteiger partial charge in [-0.05, 0) is 48.6 Å². The van der Waals surface area contributed by atoms with Crippen LogP contribution in [-0.2, 0) is 14.3 Å². The molecule has 4 rings (SSSR count). The Balaban J connectivity index is 1.61. The Bertz CT molecular complexity index is 1090. The number of hydrogen-bond donors (Lipinski definition) is 0. The molecule has 0 aliphatic carbocycles. The molecule has 0 bridgehead atoms. The minimum absolute atomic E-state index is 0.129. The number of ether oxygens (including phenoxy) is 1. The van der Waals surface area contributed by atoms with Crippen LogP contribution in [0.4, 0.5) is 11.4 Å². The highest BCUT2D eigenvalue weighted by Gasteiger charge is 2.45. The van der Waals surface area contributed by atoms with E-state index in [4.69, 9.17) is 4.74 Å². The Labute approximate surface area is 197 Å². The lowest BCUT2D eigenvalue weighted by atomic mass is 10.0. The first-order valence-electron chi connectivity index (χ1n) is 11.4. The molecule has 34 heavy (non-hydrogen) atoms. The van der Waals surface area contributed by atoms with Crippen LogP contribution in [0.3, 0.4) is 0 Å². The first-order chi connectivity index (χ1) is 16.3. The number of carbonyl (C=O) groups excluding carboxylic acids is 3. The van der Waals surface area contributed by atoms with E-state index >= 15 is 0 Å². The van der Waals surface area contributed by atoms with Gasteiger partial charge in [0.05, 0.1) is 23.1 Å². The molecule has 2 unspecified atom stereocenters. The fraction of sp³-hybridized carbons (Fsp3) is 0.400. The van der Waals surface area contributed by atoms with Crippen molar-refractivity contribution in [2.45, 2.75) is 51.2 Å². The van der Waals surface area contributed by atoms with Crippen molar-refractivity contribution in [3.05, 3.63) is 69.8 Å². The molecule has 2 aromatic rings. The van der Waals surface area contributed by atoms with Gasteiger partial charge < -0.3 is 9.64 Å². The van der Waals surface area contributed by atoms with Gasteiger partial charge in [-0.25, -0.2) is 4.90 Å². The zero-order valence-corrected chi connectivity index (χ0v) is 19.2. The highest BCUT2D eigenvalue weighted by atomic mass is 16.6. The quantitative estimate of drug-likeness (QED) is 0.351. The summed E-state index contributed by atoms with van der Waals surface area (Å²) in [7, 11) is 0. The smallest absolute Gasteiger partial charge is 0.269 e. The van der Waals surface area contributed by atoms with E-state index in [1.807, 2.05) is 12.1 Å². The minimum atomic E-state index is -0.968. The normalized spacial score (nSPS) is 20.3. The molecule has 2 aliphatic rings. The zero-order valence-electron chi connectivity index (χ0n) is 19.2. The second-order valence-corrected chi connectivity index (χ2v) is 8.93. The number of anilines is 1. The van der Waals surface area contributed by atoms with Crippen LogP contribution in [0.5, 0.6) is 0 Å². The maximum atomic E-state index is 13.4. The van der Waals surface area contributed by atoms with Crippen molar-refractivity contribution in [3.8, 4) is 0 Å². The van der Waals surface area contributed by atoms with Gasteiger partial charge in [0, 0.05) is 30.8 Å². The second kappa shape index (κ2) is 9.72. The predicted molar refractivity (Wildman–Crippen MR) is 125 cm³/mol. The Morgan fingerprint density at radius 1 is 1.15 bits per heavy atom. The third-order valence-corrected chi connectivity index (χ3v) is 6.33. The van der Waals surface area contributed by atoms with Crippen molar-refractivity contribution in [2.75, 3.05) is 18.1 Å². The molecule has 178 valence electrons. The number of amides is 3. The van der Waals surface area contributed by atoms with Crippen molar-refractivity contribution in [3.63, 3.8) is 0 Å². The highest BCUT2D eigenvalue weighted by molar-refractivity contribution is 6.23. The van der Waals surface area contributed by atoms with E-state index < -0.39 is 22.8 Å². The topological polar surface area (TPSA) is 110 Å². The molecular formula is C25H27N3O6. The van der Waals surface area contributed by atoms with E-state index in [2.05, 4.69) is 13.8 Å². The summed E-state index contributed by atoms with van der Waals surface area (Å²) in [4.78, 5) is 52.7. The van der Waals surface area contributed by atoms with Gasteiger partial charge in [-0.15, -0.1) is 0 Å². The first-order valence-corrected chi connectivity index (χ1v) is 11.4. The molecular weight excluding hydrogens is 438 g/mol. The molecule has 9 nitrogen and oxygen atoms in total. The van der Waals surface area contributed by atoms with Gasteiger partial charge in [-0.3, -0.25) is 24.5 Å². The van der Waals surface area contributed by atoms with Crippen LogP contribution < -0.4 is 4.90 Å². The monoisotopic (exact) mass is 465 g/mol. The molecule has 2 aliphatic heterocycles. The molecule has 0 saturated carbocycles. The fourth-order valence-electron chi connectivity index (χ4n) is 4.39. The Morgan fingerprint density at radius 2 is 1.82 bits per heavy atom. The average molecular weight is 466 g/mol. The van der Waals surface area contributed by atoms with Gasteiger partial charge in [-0.1, -0.05) is 26.0 Å². The Hall–Kier alpha value is -3.59. The summed E-state index contributed by atoms with van der Waals surface area (Å²) in [5.74, 6) is -0.988. The molecule has 0 N–H and O–H groups in total. The summed E-state index contributed by atoms with van der Waals surface area (Å²) in [6.07, 6.45) is 1.25. The lowest BCUT2D eigenvalue weighted by molar-refractivity contribution is -0.384. The SMILES string of the molecule is CC(C)c1ccc(N2C(=O)CC(N(CC3CCCO3)C(=O)c3ccc([N+](=O)[O-])cc3)C2=O)cc1. The summed E-state index contributed by atoms with van der Waals surface area (Å²) in [5.41, 5.74) is 1.64. The summed E-state index contributed by atoms with van der Waals surface area (Å²) in [6.45, 7) is 4.86. The zero-order chi connectivity index (χ0) is 24.4. The van der Waals surface area contributed by atoms with Crippen LogP contribution in [0, 0.1) is 10.1 Å². The largest absolute Gasteiger partial charge is 0.376 e. The van der Waals surface area contributed by atoms with Crippen LogP contribution in [0.2, 0.25) is 0 Å². The number of non-ortho nitro benzene ring substituents is 1. The summed E-state index contributed by atoms with van der Waals surface area (Å²) in [5, 5.41) is 11.0. The van der Waals surface area contributed by atoms with E-state index in [0.29, 0.717) is 18.2 Å². The molecule has 2 saturated heterocycles. The first kappa shape index (κ1) is 23.6. The van der Waals surface area contributed by atoms with Gasteiger partial charge in [0.1, 0.15) is 6.04 Å². The van der Waals surface area contributed by atoms with Crippen LogP contribution in [-0.4, -0.2) is 52.8 Å². The lowest BCUT2D eigenvalue weighted by Gasteiger charge is -2.30. The van der Waals surface area contributed by atoms with Crippen molar-refractivity contribution in [1.29, 1.82) is 0 Å². The molecule has 2 fully saturated rings. The number of rotatable bonds is 7. The van der Waals surface area contributed by atoms with Crippen LogP contribution in [0.25, 0.3) is 0 Å². The number of hydrogen-bond acceptors (Lipinski definition) is 6. The molecule has 0 spiro atoms. The van der Waals surface area contributed by atoms with E-state index in [1.165, 1.54) is 29.2 Å². The average Bonchev–Trinajstić information content (AvgIpc) is 3.44. The van der Waals surface area contributed by atoms with E-state index in [0.717, 1.165) is 23.3 Å². The number of nitro benzene ring substituents is 1. The molecule has 2 aromatic carbocycles. The van der Waals surface area contributed by atoms with Gasteiger partial charge >= 0.3 is 0 Å². The number of nitrogens with zero attached hydrogens (tertiary/aromatic N) is 3. The van der Waals surface area contributed by atoms with Crippen molar-refractivity contribution in [1.82, 2.24) is 4.90 Å². The van der Waals surface area contributed by atoms with E-state index in [-0.39, 0.29) is 36.2 Å². The minimum Gasteiger partial charge on any atom is -0.376 e. The molecule has 3 amide bonds. The Kier molecular flexibility index (Phi) is 6.74. The van der Waals surface area contributed by atoms with Crippen LogP contribution in [0.1, 0.15) is 54.9 Å². The highest BCUT2D eigenvalue weighted by Crippen LogP contribution is 2.29. The van der Waals surface area contributed by atoms with E-state index in [9.17, 15) is 24.5 Å². The number of imide groups is 1. The summed E-state index contributed by atoms with van der Waals surface area (Å²) in [6, 6.07) is 11.5. The van der Waals surface area contributed by atoms with Crippen LogP contribution in [0.15, 0.2) is 48.5 Å². The molecule has 2 atom stereocenters. The molecule has 0 aromatic heterocycles. The maximum absolute atomic E-state index is 13.4. The maximum Gasteiger partial charge on any atom is 0.269 e. The molecule has 0 radical (unpaired) electrons. The second-order valence-electron chi connectivity index (χ2n) is 8.93. The standard InChI is InChI=1S/C25H27N3O6/c1-16(2)17-5-9-19(10-6-17)27-23(29)14-22(25(27)31)26(15-21-4-3-13-34-21)24(30)18-7-11-20(12-8-18)28(32)33/h5-12,16,21-22H,3-4,13-15H2,1-2H3. The van der Waals surface area contributed by atoms with E-state index in [1.54, 1.807) is 12.1 Å². The molecule has 9 heteroatoms. The number of carbonyl (C=O) groups is 3. The van der Waals surface area contributed by atoms with Gasteiger partial charge in [0.2, 0.25) is 5.91 Å². The van der Waals surface area contributed by atoms with Crippen molar-refractivity contribution < 1.29 is 24.0 Å². The third kappa shape index (κ3) is 4.70. The van der Waals surface area contributed by atoms with Crippen LogP contribution >= 0.6 is 0 Å². The summed E-state index contributed by atoms with van der Waals surface area (Å²) < 4.78 is 5.70. The van der Waals surface area contributed by atoms with Crippen molar-refractivity contribution in [2.24, 2.45) is 0 Å². The van der Waals surface area contributed by atoms with Gasteiger partial charge in [0.15, 0.2) is 0 Å². The molecule has 2 heterocycles. The third-order valence-electron chi connectivity index (χ3n) is 6.33.